The zero-order valence-electron chi connectivity index (χ0n) is 10.9. The van der Waals surface area contributed by atoms with Crippen LogP contribution in [0.2, 0.25) is 0 Å². The normalized spacial score (nSPS) is 13.8. The first kappa shape index (κ1) is 14.7. The maximum absolute atomic E-state index is 12.0. The molecule has 0 radical (unpaired) electrons. The summed E-state index contributed by atoms with van der Waals surface area (Å²) in [4.78, 5) is 36.9. The number of nitrogens with two attached hydrogens (primary N) is 1. The zero-order valence-corrected chi connectivity index (χ0v) is 10.9. The van der Waals surface area contributed by atoms with Gasteiger partial charge in [0.2, 0.25) is 0 Å². The van der Waals surface area contributed by atoms with Crippen LogP contribution in [0, 0.1) is 5.92 Å². The summed E-state index contributed by atoms with van der Waals surface area (Å²) in [5, 5.41) is 18.7. The van der Waals surface area contributed by atoms with Gasteiger partial charge in [-0.3, -0.25) is 14.4 Å². The number of benzene rings is 1. The second-order valence-electron chi connectivity index (χ2n) is 4.70. The second-order valence-corrected chi connectivity index (χ2v) is 4.70. The molecule has 2 aromatic rings. The van der Waals surface area contributed by atoms with E-state index in [1.165, 1.54) is 0 Å². The summed E-state index contributed by atoms with van der Waals surface area (Å²) >= 11 is 0. The molecule has 0 saturated carbocycles. The zero-order chi connectivity index (χ0) is 15.6. The summed E-state index contributed by atoms with van der Waals surface area (Å²) in [6, 6.07) is 7.28. The van der Waals surface area contributed by atoms with E-state index in [1.54, 1.807) is 6.07 Å². The summed E-state index contributed by atoms with van der Waals surface area (Å²) in [6.45, 7) is 0. The first-order chi connectivity index (χ1) is 9.90. The van der Waals surface area contributed by atoms with Crippen molar-refractivity contribution in [2.45, 2.75) is 12.5 Å². The predicted octanol–water partition coefficient (Wildman–Crippen LogP) is 0.392. The smallest absolute Gasteiger partial charge is 0.321 e. The third-order valence-electron chi connectivity index (χ3n) is 3.21. The largest absolute Gasteiger partial charge is 0.481 e. The number of hydrogen-bond donors (Lipinski definition) is 4. The second kappa shape index (κ2) is 5.76. The fraction of sp³-hybridized carbons (Fsp3) is 0.214. The number of fused-ring (bicyclic) bond motifs is 1. The summed E-state index contributed by atoms with van der Waals surface area (Å²) in [5.74, 6) is -5.57. The minimum absolute atomic E-state index is 0.216. The molecule has 0 aliphatic carbocycles. The monoisotopic (exact) mass is 290 g/mol. The Labute approximate surface area is 119 Å². The molecule has 2 atom stereocenters. The highest BCUT2D eigenvalue weighted by molar-refractivity contribution is 6.03. The number of rotatable bonds is 6. The average molecular weight is 290 g/mol. The van der Waals surface area contributed by atoms with Gasteiger partial charge in [0.15, 0.2) is 5.78 Å². The lowest BCUT2D eigenvalue weighted by Crippen LogP contribution is -2.46. The summed E-state index contributed by atoms with van der Waals surface area (Å²) in [5.41, 5.74) is 6.61. The highest BCUT2D eigenvalue weighted by Crippen LogP contribution is 2.17. The van der Waals surface area contributed by atoms with E-state index in [-0.39, 0.29) is 6.42 Å². The Bertz CT molecular complexity index is 673. The molecular weight excluding hydrogens is 276 g/mol. The van der Waals surface area contributed by atoms with Gasteiger partial charge >= 0.3 is 11.9 Å². The standard InChI is InChI=1S/C14H14N2O5/c15-12(14(20)21)11(13(18)19)10(17)6-8-5-7-3-1-2-4-9(7)16-8/h1-5,11-12,16H,6,15H2,(H,18,19)(H,20,21). The number of H-pyrrole nitrogens is 1. The molecule has 2 unspecified atom stereocenters. The average Bonchev–Trinajstić information content (AvgIpc) is 2.79. The van der Waals surface area contributed by atoms with Crippen LogP contribution < -0.4 is 5.73 Å². The van der Waals surface area contributed by atoms with E-state index < -0.39 is 29.7 Å². The molecule has 0 spiro atoms. The van der Waals surface area contributed by atoms with Crippen molar-refractivity contribution in [3.63, 3.8) is 0 Å². The minimum Gasteiger partial charge on any atom is -0.481 e. The van der Waals surface area contributed by atoms with Crippen molar-refractivity contribution in [1.29, 1.82) is 0 Å². The fourth-order valence-corrected chi connectivity index (χ4v) is 2.16. The van der Waals surface area contributed by atoms with Crippen molar-refractivity contribution >= 4 is 28.6 Å². The molecule has 1 aromatic carbocycles. The van der Waals surface area contributed by atoms with E-state index in [9.17, 15) is 14.4 Å². The molecule has 0 aliphatic heterocycles. The Hall–Kier alpha value is -2.67. The van der Waals surface area contributed by atoms with Gasteiger partial charge in [-0.1, -0.05) is 18.2 Å². The lowest BCUT2D eigenvalue weighted by molar-refractivity contribution is -0.153. The van der Waals surface area contributed by atoms with Gasteiger partial charge < -0.3 is 20.9 Å². The molecule has 110 valence electrons. The van der Waals surface area contributed by atoms with Crippen molar-refractivity contribution in [2.75, 3.05) is 0 Å². The summed E-state index contributed by atoms with van der Waals surface area (Å²) in [7, 11) is 0. The molecule has 2 rings (SSSR count). The number of carbonyl (C=O) groups is 3. The van der Waals surface area contributed by atoms with Gasteiger partial charge in [0.1, 0.15) is 12.0 Å². The van der Waals surface area contributed by atoms with Crippen LogP contribution in [-0.4, -0.2) is 39.0 Å². The predicted molar refractivity (Wildman–Crippen MR) is 73.7 cm³/mol. The third kappa shape index (κ3) is 3.09. The number of aromatic amines is 1. The number of carboxylic acid groups (broad SMARTS) is 2. The first-order valence-electron chi connectivity index (χ1n) is 6.20. The maximum Gasteiger partial charge on any atom is 0.321 e. The number of ketones is 1. The molecule has 0 aliphatic rings. The molecule has 5 N–H and O–H groups in total. The van der Waals surface area contributed by atoms with Crippen LogP contribution in [0.3, 0.4) is 0 Å². The number of Topliss-reactive ketones (excluding diaryl/α,β-unsaturated/α-hetero) is 1. The lowest BCUT2D eigenvalue weighted by atomic mass is 9.93. The fourth-order valence-electron chi connectivity index (χ4n) is 2.16. The Kier molecular flexibility index (Phi) is 4.04. The maximum atomic E-state index is 12.0. The lowest BCUT2D eigenvalue weighted by Gasteiger charge is -2.14. The van der Waals surface area contributed by atoms with E-state index in [2.05, 4.69) is 4.98 Å². The van der Waals surface area contributed by atoms with Gasteiger partial charge in [-0.25, -0.2) is 0 Å². The molecule has 7 heteroatoms. The van der Waals surface area contributed by atoms with Gasteiger partial charge in [-0.15, -0.1) is 0 Å². The Morgan fingerprint density at radius 1 is 1.14 bits per heavy atom. The highest BCUT2D eigenvalue weighted by Gasteiger charge is 2.36. The van der Waals surface area contributed by atoms with Crippen LogP contribution in [0.1, 0.15) is 5.69 Å². The van der Waals surface area contributed by atoms with Crippen molar-refractivity contribution in [3.05, 3.63) is 36.0 Å². The van der Waals surface area contributed by atoms with Gasteiger partial charge in [0.25, 0.3) is 0 Å². The topological polar surface area (TPSA) is 133 Å². The molecule has 1 aromatic heterocycles. The van der Waals surface area contributed by atoms with Gasteiger partial charge in [0.05, 0.1) is 0 Å². The Morgan fingerprint density at radius 2 is 1.81 bits per heavy atom. The van der Waals surface area contributed by atoms with Crippen molar-refractivity contribution in [1.82, 2.24) is 4.98 Å². The minimum atomic E-state index is -1.77. The number of aliphatic carboxylic acids is 2. The van der Waals surface area contributed by atoms with E-state index >= 15 is 0 Å². The number of carboxylic acids is 2. The molecule has 21 heavy (non-hydrogen) atoms. The van der Waals surface area contributed by atoms with E-state index in [0.29, 0.717) is 5.69 Å². The molecule has 7 nitrogen and oxygen atoms in total. The number of carbonyl (C=O) groups excluding carboxylic acids is 1. The van der Waals surface area contributed by atoms with E-state index in [1.807, 2.05) is 24.3 Å². The number of nitrogens with one attached hydrogen (secondary N) is 1. The van der Waals surface area contributed by atoms with E-state index in [4.69, 9.17) is 15.9 Å². The van der Waals surface area contributed by atoms with Crippen LogP contribution in [0.4, 0.5) is 0 Å². The van der Waals surface area contributed by atoms with Crippen LogP contribution in [0.5, 0.6) is 0 Å². The van der Waals surface area contributed by atoms with Crippen LogP contribution in [0.15, 0.2) is 30.3 Å². The molecule has 0 fully saturated rings. The highest BCUT2D eigenvalue weighted by atomic mass is 16.4. The summed E-state index contributed by atoms with van der Waals surface area (Å²) < 4.78 is 0. The van der Waals surface area contributed by atoms with Gasteiger partial charge in [-0.2, -0.15) is 0 Å². The third-order valence-corrected chi connectivity index (χ3v) is 3.21. The van der Waals surface area contributed by atoms with Crippen LogP contribution in [-0.2, 0) is 20.8 Å². The first-order valence-corrected chi connectivity index (χ1v) is 6.20. The molecule has 0 amide bonds. The van der Waals surface area contributed by atoms with Gasteiger partial charge in [-0.05, 0) is 17.5 Å². The molecular formula is C14H14N2O5. The SMILES string of the molecule is NC(C(=O)O)C(C(=O)O)C(=O)Cc1cc2ccccc2[nH]1. The number of para-hydroxylation sites is 1. The van der Waals surface area contributed by atoms with Crippen molar-refractivity contribution in [2.24, 2.45) is 11.7 Å². The quantitative estimate of drug-likeness (QED) is 0.569. The Morgan fingerprint density at radius 3 is 2.38 bits per heavy atom. The number of hydrogen-bond acceptors (Lipinski definition) is 4. The van der Waals surface area contributed by atoms with Crippen molar-refractivity contribution < 1.29 is 24.6 Å². The van der Waals surface area contributed by atoms with Crippen molar-refractivity contribution in [3.8, 4) is 0 Å². The molecule has 0 saturated heterocycles. The van der Waals surface area contributed by atoms with E-state index in [0.717, 1.165) is 10.9 Å². The molecule has 1 heterocycles. The summed E-state index contributed by atoms with van der Waals surface area (Å²) in [6.07, 6.45) is -0.216. The number of aromatic nitrogens is 1. The van der Waals surface area contributed by atoms with Crippen LogP contribution >= 0.6 is 0 Å². The Balaban J connectivity index is 2.22. The van der Waals surface area contributed by atoms with Gasteiger partial charge in [0, 0.05) is 17.6 Å². The molecule has 0 bridgehead atoms. The van der Waals surface area contributed by atoms with Crippen LogP contribution in [0.25, 0.3) is 10.9 Å².